The Morgan fingerprint density at radius 2 is 1.56 bits per heavy atom. The molecule has 0 saturated heterocycles. The van der Waals surface area contributed by atoms with Crippen molar-refractivity contribution in [3.8, 4) is 0 Å². The number of fused-ring (bicyclic) bond motifs is 1. The van der Waals surface area contributed by atoms with Crippen LogP contribution in [0.5, 0.6) is 0 Å². The molecule has 0 amide bonds. The lowest BCUT2D eigenvalue weighted by Crippen LogP contribution is -1.65. The lowest BCUT2D eigenvalue weighted by Gasteiger charge is -1.87. The minimum Gasteiger partial charge on any atom is -0.237 e. The van der Waals surface area contributed by atoms with Gasteiger partial charge in [-0.2, -0.15) is 0 Å². The standard InChI is InChI=1S/C6H4OS2/c1-2-4-6-5(3-1)8-7-9-6/h1-4H. The average Bonchev–Trinajstić information content (AvgIpc) is 2.33. The Labute approximate surface area is 62.2 Å². The Balaban J connectivity index is 2.54. The van der Waals surface area contributed by atoms with Crippen molar-refractivity contribution in [2.75, 3.05) is 0 Å². The molecule has 0 atom stereocenters. The third-order valence-corrected chi connectivity index (χ3v) is 2.84. The van der Waals surface area contributed by atoms with Crippen LogP contribution in [0, 0.1) is 0 Å². The van der Waals surface area contributed by atoms with Crippen LogP contribution in [0.1, 0.15) is 0 Å². The van der Waals surface area contributed by atoms with Crippen molar-refractivity contribution in [3.05, 3.63) is 24.3 Å². The highest BCUT2D eigenvalue weighted by atomic mass is 32.2. The molecule has 1 aliphatic heterocycles. The molecule has 3 heteroatoms. The zero-order valence-electron chi connectivity index (χ0n) is 4.53. The Kier molecular flexibility index (Phi) is 1.41. The maximum absolute atomic E-state index is 5.05. The van der Waals surface area contributed by atoms with Gasteiger partial charge >= 0.3 is 0 Å². The van der Waals surface area contributed by atoms with Crippen LogP contribution >= 0.6 is 24.1 Å². The molecule has 1 nitrogen and oxygen atoms in total. The average molecular weight is 156 g/mol. The van der Waals surface area contributed by atoms with E-state index in [0.29, 0.717) is 0 Å². The van der Waals surface area contributed by atoms with Crippen LogP contribution in [-0.4, -0.2) is 0 Å². The van der Waals surface area contributed by atoms with Crippen LogP contribution in [0.15, 0.2) is 34.1 Å². The van der Waals surface area contributed by atoms with Gasteiger partial charge in [0.25, 0.3) is 0 Å². The van der Waals surface area contributed by atoms with Crippen molar-refractivity contribution < 1.29 is 3.63 Å². The molecule has 1 aromatic rings. The Bertz CT molecular complexity index is 201. The van der Waals surface area contributed by atoms with Gasteiger partial charge in [-0.15, -0.1) is 0 Å². The molecule has 9 heavy (non-hydrogen) atoms. The molecule has 0 unspecified atom stereocenters. The summed E-state index contributed by atoms with van der Waals surface area (Å²) in [5.74, 6) is 0. The molecule has 1 heterocycles. The van der Waals surface area contributed by atoms with Crippen LogP contribution in [0.25, 0.3) is 0 Å². The van der Waals surface area contributed by atoms with Crippen molar-refractivity contribution in [1.29, 1.82) is 0 Å². The summed E-state index contributed by atoms with van der Waals surface area (Å²) in [5, 5.41) is 0. The smallest absolute Gasteiger partial charge is 0.0525 e. The van der Waals surface area contributed by atoms with E-state index in [1.54, 1.807) is 0 Å². The summed E-state index contributed by atoms with van der Waals surface area (Å²) in [6, 6.07) is 8.14. The second-order valence-electron chi connectivity index (χ2n) is 1.68. The van der Waals surface area contributed by atoms with Gasteiger partial charge in [0.05, 0.1) is 9.79 Å². The third-order valence-electron chi connectivity index (χ3n) is 1.10. The van der Waals surface area contributed by atoms with Crippen LogP contribution in [0.3, 0.4) is 0 Å². The maximum Gasteiger partial charge on any atom is 0.0525 e. The van der Waals surface area contributed by atoms with Gasteiger partial charge in [0.1, 0.15) is 0 Å². The maximum atomic E-state index is 5.05. The van der Waals surface area contributed by atoms with Crippen LogP contribution in [0.2, 0.25) is 0 Å². The summed E-state index contributed by atoms with van der Waals surface area (Å²) >= 11 is 2.86. The highest BCUT2D eigenvalue weighted by molar-refractivity contribution is 8.10. The number of benzene rings is 1. The summed E-state index contributed by atoms with van der Waals surface area (Å²) in [7, 11) is 0. The van der Waals surface area contributed by atoms with Crippen molar-refractivity contribution in [2.24, 2.45) is 0 Å². The van der Waals surface area contributed by atoms with Crippen LogP contribution in [-0.2, 0) is 3.63 Å². The van der Waals surface area contributed by atoms with Crippen LogP contribution in [0.4, 0.5) is 0 Å². The lowest BCUT2D eigenvalue weighted by atomic mass is 10.4. The van der Waals surface area contributed by atoms with Gasteiger partial charge in [-0.1, -0.05) is 12.1 Å². The molecule has 0 fully saturated rings. The molecule has 0 spiro atoms. The third kappa shape index (κ3) is 0.956. The first kappa shape index (κ1) is 5.65. The summed E-state index contributed by atoms with van der Waals surface area (Å²) in [5.41, 5.74) is 0. The number of rotatable bonds is 0. The highest BCUT2D eigenvalue weighted by Crippen LogP contribution is 2.42. The van der Waals surface area contributed by atoms with Crippen molar-refractivity contribution in [3.63, 3.8) is 0 Å². The van der Waals surface area contributed by atoms with Crippen molar-refractivity contribution >= 4 is 24.1 Å². The lowest BCUT2D eigenvalue weighted by molar-refractivity contribution is 0.773. The summed E-state index contributed by atoms with van der Waals surface area (Å²) in [6.07, 6.45) is 0. The minimum atomic E-state index is 1.22. The SMILES string of the molecule is c1ccc2c(c1)SOS2. The molecular formula is C6H4OS2. The molecule has 1 aromatic carbocycles. The number of hydrogen-bond donors (Lipinski definition) is 0. The van der Waals surface area contributed by atoms with Gasteiger partial charge in [0.2, 0.25) is 0 Å². The zero-order chi connectivity index (χ0) is 6.10. The normalized spacial score (nSPS) is 15.6. The van der Waals surface area contributed by atoms with E-state index in [1.807, 2.05) is 12.1 Å². The van der Waals surface area contributed by atoms with E-state index in [1.165, 1.54) is 33.9 Å². The monoisotopic (exact) mass is 156 g/mol. The molecule has 0 aliphatic carbocycles. The first-order chi connectivity index (χ1) is 4.47. The summed E-state index contributed by atoms with van der Waals surface area (Å²) in [4.78, 5) is 2.45. The van der Waals surface area contributed by atoms with Crippen molar-refractivity contribution in [2.45, 2.75) is 9.79 Å². The van der Waals surface area contributed by atoms with E-state index in [0.717, 1.165) is 0 Å². The minimum absolute atomic E-state index is 1.22. The molecule has 1 aliphatic rings. The molecule has 0 N–H and O–H groups in total. The van der Waals surface area contributed by atoms with Gasteiger partial charge in [-0.05, 0) is 12.1 Å². The van der Waals surface area contributed by atoms with Crippen LogP contribution < -0.4 is 0 Å². The predicted molar refractivity (Wildman–Crippen MR) is 39.2 cm³/mol. The van der Waals surface area contributed by atoms with E-state index >= 15 is 0 Å². The van der Waals surface area contributed by atoms with Gasteiger partial charge in [-0.25, -0.2) is 3.63 Å². The number of hydrogen-bond acceptors (Lipinski definition) is 3. The quantitative estimate of drug-likeness (QED) is 0.534. The first-order valence-electron chi connectivity index (χ1n) is 2.57. The topological polar surface area (TPSA) is 9.23 Å². The van der Waals surface area contributed by atoms with E-state index in [9.17, 15) is 0 Å². The van der Waals surface area contributed by atoms with Gasteiger partial charge in [-0.3, -0.25) is 0 Å². The Hall–Kier alpha value is -0.120. The molecule has 46 valence electrons. The van der Waals surface area contributed by atoms with E-state index in [2.05, 4.69) is 12.1 Å². The molecule has 0 saturated carbocycles. The zero-order valence-corrected chi connectivity index (χ0v) is 6.17. The highest BCUT2D eigenvalue weighted by Gasteiger charge is 2.11. The largest absolute Gasteiger partial charge is 0.237 e. The molecule has 0 bridgehead atoms. The second kappa shape index (κ2) is 2.25. The fraction of sp³-hybridized carbons (Fsp3) is 0. The summed E-state index contributed by atoms with van der Waals surface area (Å²) < 4.78 is 5.05. The van der Waals surface area contributed by atoms with Crippen molar-refractivity contribution in [1.82, 2.24) is 0 Å². The Morgan fingerprint density at radius 3 is 2.11 bits per heavy atom. The van der Waals surface area contributed by atoms with E-state index in [-0.39, 0.29) is 0 Å². The van der Waals surface area contributed by atoms with E-state index < -0.39 is 0 Å². The fourth-order valence-corrected chi connectivity index (χ4v) is 2.17. The fourth-order valence-electron chi connectivity index (χ4n) is 0.678. The van der Waals surface area contributed by atoms with E-state index in [4.69, 9.17) is 3.63 Å². The molecule has 0 aromatic heterocycles. The first-order valence-corrected chi connectivity index (χ1v) is 4.05. The van der Waals surface area contributed by atoms with Gasteiger partial charge in [0.15, 0.2) is 0 Å². The molecule has 2 rings (SSSR count). The van der Waals surface area contributed by atoms with Gasteiger partial charge in [0, 0.05) is 24.1 Å². The Morgan fingerprint density at radius 1 is 1.00 bits per heavy atom. The van der Waals surface area contributed by atoms with Gasteiger partial charge < -0.3 is 0 Å². The summed E-state index contributed by atoms with van der Waals surface area (Å²) in [6.45, 7) is 0. The molecular weight excluding hydrogens is 152 g/mol. The molecule has 0 radical (unpaired) electrons. The second-order valence-corrected chi connectivity index (χ2v) is 3.44. The predicted octanol–water partition coefficient (Wildman–Crippen LogP) is 2.73.